The number of anilines is 1. The molecule has 0 fully saturated rings. The number of nitrogens with two attached hydrogens (primary N) is 1. The Morgan fingerprint density at radius 1 is 1.47 bits per heavy atom. The molecule has 1 rings (SSSR count). The van der Waals surface area contributed by atoms with Crippen LogP contribution in [0.1, 0.15) is 13.8 Å². The lowest BCUT2D eigenvalue weighted by Crippen LogP contribution is -2.44. The van der Waals surface area contributed by atoms with Crippen molar-refractivity contribution in [1.29, 1.82) is 0 Å². The molecule has 0 bridgehead atoms. The van der Waals surface area contributed by atoms with E-state index in [1.54, 1.807) is 6.92 Å². The minimum atomic E-state index is -3.78. The summed E-state index contributed by atoms with van der Waals surface area (Å²) in [5.74, 6) is -0.377. The van der Waals surface area contributed by atoms with Crippen LogP contribution in [0.15, 0.2) is 27.6 Å². The number of likely N-dealkylation sites (N-methyl/N-ethyl adjacent to an activating group) is 1. The van der Waals surface area contributed by atoms with E-state index in [0.29, 0.717) is 16.7 Å². The monoisotopic (exact) mass is 349 g/mol. The number of carbonyl (C=O) groups excluding carboxylic acids is 1. The van der Waals surface area contributed by atoms with Crippen LogP contribution in [-0.2, 0) is 14.8 Å². The van der Waals surface area contributed by atoms with Crippen LogP contribution in [-0.4, -0.2) is 26.9 Å². The predicted octanol–water partition coefficient (Wildman–Crippen LogP) is 0.834. The van der Waals surface area contributed by atoms with Crippen LogP contribution in [0.5, 0.6) is 0 Å². The molecule has 0 saturated heterocycles. The summed E-state index contributed by atoms with van der Waals surface area (Å²) in [6, 6.07) is 3.50. The summed E-state index contributed by atoms with van der Waals surface area (Å²) in [4.78, 5) is 11.6. The second kappa shape index (κ2) is 6.36. The molecule has 8 heteroatoms. The molecular formula is C11H16BrN3O3S. The third kappa shape index (κ3) is 4.19. The van der Waals surface area contributed by atoms with Gasteiger partial charge in [0.1, 0.15) is 0 Å². The molecular weight excluding hydrogens is 334 g/mol. The van der Waals surface area contributed by atoms with Gasteiger partial charge in [0, 0.05) is 16.7 Å². The topological polar surface area (TPSA) is 101 Å². The standard InChI is InChI=1S/C11H16BrN3O3S/c1-3-14-11(16)7(2)15-19(17,18)10-5-4-8(13)6-9(10)12/h4-7,15H,3,13H2,1-2H3,(H,14,16). The minimum absolute atomic E-state index is 0.0397. The van der Waals surface area contributed by atoms with E-state index in [9.17, 15) is 13.2 Å². The van der Waals surface area contributed by atoms with Gasteiger partial charge in [0.15, 0.2) is 0 Å². The van der Waals surface area contributed by atoms with Crippen molar-refractivity contribution < 1.29 is 13.2 Å². The molecule has 0 radical (unpaired) electrons. The van der Waals surface area contributed by atoms with E-state index in [2.05, 4.69) is 26.0 Å². The van der Waals surface area contributed by atoms with E-state index in [0.717, 1.165) is 0 Å². The van der Waals surface area contributed by atoms with Gasteiger partial charge in [-0.1, -0.05) is 0 Å². The van der Waals surface area contributed by atoms with Crippen molar-refractivity contribution in [3.8, 4) is 0 Å². The fourth-order valence-corrected chi connectivity index (χ4v) is 3.71. The van der Waals surface area contributed by atoms with Crippen LogP contribution >= 0.6 is 15.9 Å². The number of hydrogen-bond acceptors (Lipinski definition) is 4. The second-order valence-electron chi connectivity index (χ2n) is 3.93. The molecule has 106 valence electrons. The normalized spacial score (nSPS) is 13.0. The predicted molar refractivity (Wildman–Crippen MR) is 77.0 cm³/mol. The van der Waals surface area contributed by atoms with E-state index in [4.69, 9.17) is 5.73 Å². The Kier molecular flexibility index (Phi) is 5.33. The maximum Gasteiger partial charge on any atom is 0.242 e. The van der Waals surface area contributed by atoms with E-state index >= 15 is 0 Å². The quantitative estimate of drug-likeness (QED) is 0.685. The van der Waals surface area contributed by atoms with Gasteiger partial charge in [0.2, 0.25) is 15.9 Å². The summed E-state index contributed by atoms with van der Waals surface area (Å²) in [6.07, 6.45) is 0. The number of carbonyl (C=O) groups is 1. The largest absolute Gasteiger partial charge is 0.399 e. The number of hydrogen-bond donors (Lipinski definition) is 3. The number of nitrogen functional groups attached to an aromatic ring is 1. The van der Waals surface area contributed by atoms with Gasteiger partial charge in [-0.05, 0) is 48.0 Å². The zero-order chi connectivity index (χ0) is 14.6. The molecule has 0 aliphatic heterocycles. The van der Waals surface area contributed by atoms with Crippen molar-refractivity contribution in [2.45, 2.75) is 24.8 Å². The van der Waals surface area contributed by atoms with Gasteiger partial charge >= 0.3 is 0 Å². The maximum atomic E-state index is 12.1. The van der Waals surface area contributed by atoms with Gasteiger partial charge in [0.05, 0.1) is 10.9 Å². The molecule has 1 aromatic rings. The first-order chi connectivity index (χ1) is 8.77. The molecule has 0 aromatic heterocycles. The first-order valence-electron chi connectivity index (χ1n) is 5.63. The first-order valence-corrected chi connectivity index (χ1v) is 7.90. The lowest BCUT2D eigenvalue weighted by Gasteiger charge is -2.14. The van der Waals surface area contributed by atoms with Crippen LogP contribution in [0.25, 0.3) is 0 Å². The van der Waals surface area contributed by atoms with Crippen molar-refractivity contribution in [2.24, 2.45) is 0 Å². The van der Waals surface area contributed by atoms with Crippen molar-refractivity contribution >= 4 is 37.5 Å². The zero-order valence-electron chi connectivity index (χ0n) is 10.6. The molecule has 4 N–H and O–H groups in total. The van der Waals surface area contributed by atoms with E-state index in [1.165, 1.54) is 25.1 Å². The smallest absolute Gasteiger partial charge is 0.242 e. The van der Waals surface area contributed by atoms with Crippen molar-refractivity contribution in [3.63, 3.8) is 0 Å². The highest BCUT2D eigenvalue weighted by Crippen LogP contribution is 2.24. The summed E-state index contributed by atoms with van der Waals surface area (Å²) in [7, 11) is -3.78. The molecule has 6 nitrogen and oxygen atoms in total. The summed E-state index contributed by atoms with van der Waals surface area (Å²) < 4.78 is 26.9. The summed E-state index contributed by atoms with van der Waals surface area (Å²) in [6.45, 7) is 3.68. The van der Waals surface area contributed by atoms with Crippen LogP contribution in [0, 0.1) is 0 Å². The van der Waals surface area contributed by atoms with Crippen molar-refractivity contribution in [3.05, 3.63) is 22.7 Å². The number of halogens is 1. The van der Waals surface area contributed by atoms with Crippen LogP contribution < -0.4 is 15.8 Å². The van der Waals surface area contributed by atoms with Crippen molar-refractivity contribution in [2.75, 3.05) is 12.3 Å². The lowest BCUT2D eigenvalue weighted by molar-refractivity contribution is -0.122. The van der Waals surface area contributed by atoms with E-state index < -0.39 is 16.1 Å². The third-order valence-electron chi connectivity index (χ3n) is 2.32. The Bertz CT molecular complexity index is 575. The summed E-state index contributed by atoms with van der Waals surface area (Å²) in [5, 5.41) is 2.55. The van der Waals surface area contributed by atoms with Crippen LogP contribution in [0.2, 0.25) is 0 Å². The first kappa shape index (κ1) is 15.9. The van der Waals surface area contributed by atoms with Crippen LogP contribution in [0.4, 0.5) is 5.69 Å². The van der Waals surface area contributed by atoms with Gasteiger partial charge in [-0.25, -0.2) is 8.42 Å². The molecule has 1 amide bonds. The summed E-state index contributed by atoms with van der Waals surface area (Å²) in [5.41, 5.74) is 6.00. The number of rotatable bonds is 5. The number of benzene rings is 1. The number of nitrogens with one attached hydrogen (secondary N) is 2. The fourth-order valence-electron chi connectivity index (χ4n) is 1.41. The Morgan fingerprint density at radius 3 is 2.63 bits per heavy atom. The van der Waals surface area contributed by atoms with Crippen molar-refractivity contribution in [1.82, 2.24) is 10.0 Å². The maximum absolute atomic E-state index is 12.1. The molecule has 1 aromatic carbocycles. The minimum Gasteiger partial charge on any atom is -0.399 e. The van der Waals surface area contributed by atoms with Gasteiger partial charge in [-0.15, -0.1) is 0 Å². The van der Waals surface area contributed by atoms with E-state index in [1.807, 2.05) is 0 Å². The number of amides is 1. The Hall–Kier alpha value is -1.12. The molecule has 0 aliphatic rings. The molecule has 0 spiro atoms. The average molecular weight is 350 g/mol. The second-order valence-corrected chi connectivity index (χ2v) is 6.46. The zero-order valence-corrected chi connectivity index (χ0v) is 13.0. The molecule has 0 aliphatic carbocycles. The highest BCUT2D eigenvalue weighted by molar-refractivity contribution is 9.10. The summed E-state index contributed by atoms with van der Waals surface area (Å²) >= 11 is 3.14. The Morgan fingerprint density at radius 2 is 2.11 bits per heavy atom. The SMILES string of the molecule is CCNC(=O)C(C)NS(=O)(=O)c1ccc(N)cc1Br. The van der Waals surface area contributed by atoms with Crippen LogP contribution in [0.3, 0.4) is 0 Å². The highest BCUT2D eigenvalue weighted by Gasteiger charge is 2.23. The third-order valence-corrected chi connectivity index (χ3v) is 4.84. The molecule has 1 unspecified atom stereocenters. The van der Waals surface area contributed by atoms with Gasteiger partial charge in [-0.3, -0.25) is 4.79 Å². The Labute approximate surface area is 120 Å². The highest BCUT2D eigenvalue weighted by atomic mass is 79.9. The molecule has 0 saturated carbocycles. The van der Waals surface area contributed by atoms with Gasteiger partial charge < -0.3 is 11.1 Å². The average Bonchev–Trinajstić information content (AvgIpc) is 2.27. The molecule has 1 atom stereocenters. The van der Waals surface area contributed by atoms with Gasteiger partial charge in [-0.2, -0.15) is 4.72 Å². The Balaban J connectivity index is 2.95. The van der Waals surface area contributed by atoms with E-state index in [-0.39, 0.29) is 10.8 Å². The fraction of sp³-hybridized carbons (Fsp3) is 0.364. The molecule has 0 heterocycles. The van der Waals surface area contributed by atoms with Gasteiger partial charge in [0.25, 0.3) is 0 Å². The molecule has 19 heavy (non-hydrogen) atoms. The number of sulfonamides is 1. The lowest BCUT2D eigenvalue weighted by atomic mass is 10.3.